The lowest BCUT2D eigenvalue weighted by molar-refractivity contribution is 0.102. The van der Waals surface area contributed by atoms with Gasteiger partial charge in [-0.05, 0) is 36.8 Å². The third-order valence-electron chi connectivity index (χ3n) is 5.05. The monoisotopic (exact) mass is 323 g/mol. The van der Waals surface area contributed by atoms with Crippen LogP contribution in [-0.4, -0.2) is 38.0 Å². The van der Waals surface area contributed by atoms with E-state index in [0.29, 0.717) is 0 Å². The molecule has 0 spiro atoms. The Bertz CT molecular complexity index is 826. The normalized spacial score (nSPS) is 16.0. The lowest BCUT2D eigenvalue weighted by atomic mass is 9.67. The highest BCUT2D eigenvalue weighted by atomic mass is 16.3. The standard InChI is InChI=1S/C18H21N5O/c24-10-9-18(7-4-8-18)12-19-16-15-11-22-23(17(15)21-13-20-16)14-5-2-1-3-6-14/h1-3,5-6,11,13,24H,4,7-10,12H2,(H,19,20,21). The van der Waals surface area contributed by atoms with E-state index in [1.165, 1.54) is 6.42 Å². The first kappa shape index (κ1) is 15.1. The maximum Gasteiger partial charge on any atom is 0.168 e. The number of aliphatic hydroxyl groups is 1. The molecular formula is C18H21N5O. The summed E-state index contributed by atoms with van der Waals surface area (Å²) in [6.07, 6.45) is 7.80. The lowest BCUT2D eigenvalue weighted by Crippen LogP contribution is -2.37. The third kappa shape index (κ3) is 2.63. The molecule has 24 heavy (non-hydrogen) atoms. The van der Waals surface area contributed by atoms with E-state index in [1.54, 1.807) is 6.33 Å². The minimum atomic E-state index is 0.210. The zero-order valence-electron chi connectivity index (χ0n) is 13.5. The number of aliphatic hydroxyl groups excluding tert-OH is 1. The van der Waals surface area contributed by atoms with Crippen LogP contribution >= 0.6 is 0 Å². The zero-order valence-corrected chi connectivity index (χ0v) is 13.5. The van der Waals surface area contributed by atoms with Gasteiger partial charge in [-0.3, -0.25) is 0 Å². The number of para-hydroxylation sites is 1. The molecule has 6 nitrogen and oxygen atoms in total. The number of aromatic nitrogens is 4. The van der Waals surface area contributed by atoms with Gasteiger partial charge in [-0.15, -0.1) is 0 Å². The summed E-state index contributed by atoms with van der Waals surface area (Å²) in [6, 6.07) is 9.96. The second-order valence-electron chi connectivity index (χ2n) is 6.53. The van der Waals surface area contributed by atoms with Crippen molar-refractivity contribution >= 4 is 16.9 Å². The molecule has 1 aliphatic carbocycles. The number of nitrogens with zero attached hydrogens (tertiary/aromatic N) is 4. The van der Waals surface area contributed by atoms with Crippen molar-refractivity contribution in [1.82, 2.24) is 19.7 Å². The Morgan fingerprint density at radius 3 is 2.71 bits per heavy atom. The fourth-order valence-electron chi connectivity index (χ4n) is 3.44. The van der Waals surface area contributed by atoms with E-state index >= 15 is 0 Å². The number of fused-ring (bicyclic) bond motifs is 1. The van der Waals surface area contributed by atoms with Crippen molar-refractivity contribution in [3.63, 3.8) is 0 Å². The molecule has 1 saturated carbocycles. The number of nitrogens with one attached hydrogen (secondary N) is 1. The first-order valence-electron chi connectivity index (χ1n) is 8.40. The second-order valence-corrected chi connectivity index (χ2v) is 6.53. The Balaban J connectivity index is 1.62. The van der Waals surface area contributed by atoms with Crippen LogP contribution in [0.2, 0.25) is 0 Å². The van der Waals surface area contributed by atoms with Crippen LogP contribution < -0.4 is 5.32 Å². The van der Waals surface area contributed by atoms with E-state index in [-0.39, 0.29) is 12.0 Å². The Morgan fingerprint density at radius 2 is 2.00 bits per heavy atom. The van der Waals surface area contributed by atoms with Crippen LogP contribution in [0.5, 0.6) is 0 Å². The molecule has 0 saturated heterocycles. The van der Waals surface area contributed by atoms with Gasteiger partial charge in [0.15, 0.2) is 5.65 Å². The van der Waals surface area contributed by atoms with Gasteiger partial charge in [0.25, 0.3) is 0 Å². The van der Waals surface area contributed by atoms with Gasteiger partial charge in [0.05, 0.1) is 17.3 Å². The van der Waals surface area contributed by atoms with Crippen molar-refractivity contribution in [2.75, 3.05) is 18.5 Å². The molecule has 2 aromatic heterocycles. The highest BCUT2D eigenvalue weighted by molar-refractivity contribution is 5.87. The van der Waals surface area contributed by atoms with Gasteiger partial charge in [0.2, 0.25) is 0 Å². The van der Waals surface area contributed by atoms with Crippen LogP contribution in [-0.2, 0) is 0 Å². The van der Waals surface area contributed by atoms with Crippen LogP contribution in [0.15, 0.2) is 42.9 Å². The van der Waals surface area contributed by atoms with Crippen molar-refractivity contribution < 1.29 is 5.11 Å². The third-order valence-corrected chi connectivity index (χ3v) is 5.05. The lowest BCUT2D eigenvalue weighted by Gasteiger charge is -2.42. The number of rotatable bonds is 6. The van der Waals surface area contributed by atoms with Crippen LogP contribution in [0.25, 0.3) is 16.7 Å². The fourth-order valence-corrected chi connectivity index (χ4v) is 3.44. The summed E-state index contributed by atoms with van der Waals surface area (Å²) in [7, 11) is 0. The molecule has 124 valence electrons. The number of benzene rings is 1. The Hall–Kier alpha value is -2.47. The fraction of sp³-hybridized carbons (Fsp3) is 0.389. The van der Waals surface area contributed by atoms with Crippen molar-refractivity contribution in [3.05, 3.63) is 42.9 Å². The van der Waals surface area contributed by atoms with Crippen LogP contribution in [0.1, 0.15) is 25.7 Å². The second kappa shape index (κ2) is 6.20. The molecule has 3 aromatic rings. The molecule has 0 aliphatic heterocycles. The van der Waals surface area contributed by atoms with Gasteiger partial charge in [0.1, 0.15) is 12.1 Å². The predicted octanol–water partition coefficient (Wildman–Crippen LogP) is 2.78. The molecule has 2 heterocycles. The highest BCUT2D eigenvalue weighted by Gasteiger charge is 2.36. The van der Waals surface area contributed by atoms with Crippen molar-refractivity contribution in [2.24, 2.45) is 5.41 Å². The van der Waals surface area contributed by atoms with Crippen molar-refractivity contribution in [2.45, 2.75) is 25.7 Å². The number of anilines is 1. The summed E-state index contributed by atoms with van der Waals surface area (Å²) >= 11 is 0. The summed E-state index contributed by atoms with van der Waals surface area (Å²) in [5, 5.41) is 18.2. The Kier molecular flexibility index (Phi) is 3.90. The van der Waals surface area contributed by atoms with Gasteiger partial charge < -0.3 is 10.4 Å². The first-order valence-corrected chi connectivity index (χ1v) is 8.40. The first-order chi connectivity index (χ1) is 11.8. The number of hydrogen-bond acceptors (Lipinski definition) is 5. The molecular weight excluding hydrogens is 302 g/mol. The highest BCUT2D eigenvalue weighted by Crippen LogP contribution is 2.43. The quantitative estimate of drug-likeness (QED) is 0.729. The SMILES string of the molecule is OCCC1(CNc2ncnc3c2cnn3-c2ccccc2)CCC1. The summed E-state index contributed by atoms with van der Waals surface area (Å²) in [4.78, 5) is 8.80. The van der Waals surface area contributed by atoms with E-state index in [1.807, 2.05) is 41.2 Å². The number of hydrogen-bond donors (Lipinski definition) is 2. The largest absolute Gasteiger partial charge is 0.396 e. The van der Waals surface area contributed by atoms with Gasteiger partial charge in [-0.1, -0.05) is 24.6 Å². The van der Waals surface area contributed by atoms with Crippen LogP contribution in [0, 0.1) is 5.41 Å². The maximum absolute atomic E-state index is 9.30. The van der Waals surface area contributed by atoms with E-state index < -0.39 is 0 Å². The molecule has 0 atom stereocenters. The van der Waals surface area contributed by atoms with E-state index in [4.69, 9.17) is 0 Å². The van der Waals surface area contributed by atoms with E-state index in [9.17, 15) is 5.11 Å². The summed E-state index contributed by atoms with van der Waals surface area (Å²) in [5.74, 6) is 0.811. The van der Waals surface area contributed by atoms with Crippen LogP contribution in [0.3, 0.4) is 0 Å². The average molecular weight is 323 g/mol. The molecule has 2 N–H and O–H groups in total. The smallest absolute Gasteiger partial charge is 0.168 e. The summed E-state index contributed by atoms with van der Waals surface area (Å²) < 4.78 is 1.83. The topological polar surface area (TPSA) is 75.9 Å². The molecule has 1 aliphatic rings. The minimum absolute atomic E-state index is 0.210. The zero-order chi connectivity index (χ0) is 16.4. The van der Waals surface area contributed by atoms with Gasteiger partial charge >= 0.3 is 0 Å². The molecule has 6 heteroatoms. The van der Waals surface area contributed by atoms with Gasteiger partial charge in [-0.25, -0.2) is 14.6 Å². The minimum Gasteiger partial charge on any atom is -0.396 e. The summed E-state index contributed by atoms with van der Waals surface area (Å²) in [6.45, 7) is 1.07. The molecule has 4 rings (SSSR count). The average Bonchev–Trinajstić information content (AvgIpc) is 3.02. The maximum atomic E-state index is 9.30. The molecule has 1 aromatic carbocycles. The van der Waals surface area contributed by atoms with Crippen LogP contribution in [0.4, 0.5) is 5.82 Å². The van der Waals surface area contributed by atoms with Crippen molar-refractivity contribution in [1.29, 1.82) is 0 Å². The van der Waals surface area contributed by atoms with E-state index in [0.717, 1.165) is 48.3 Å². The van der Waals surface area contributed by atoms with E-state index in [2.05, 4.69) is 20.4 Å². The Labute approximate surface area is 140 Å². The molecule has 0 radical (unpaired) electrons. The molecule has 1 fully saturated rings. The van der Waals surface area contributed by atoms with Crippen molar-refractivity contribution in [3.8, 4) is 5.69 Å². The molecule has 0 bridgehead atoms. The predicted molar refractivity (Wildman–Crippen MR) is 93.1 cm³/mol. The van der Waals surface area contributed by atoms with Gasteiger partial charge in [-0.2, -0.15) is 5.10 Å². The van der Waals surface area contributed by atoms with Gasteiger partial charge in [0, 0.05) is 13.2 Å². The molecule has 0 amide bonds. The summed E-state index contributed by atoms with van der Waals surface area (Å²) in [5.41, 5.74) is 1.98. The molecule has 0 unspecified atom stereocenters. The Morgan fingerprint density at radius 1 is 1.17 bits per heavy atom.